The van der Waals surface area contributed by atoms with Crippen LogP contribution in [0.3, 0.4) is 0 Å². The fourth-order valence-electron chi connectivity index (χ4n) is 1.87. The Morgan fingerprint density at radius 2 is 2.00 bits per heavy atom. The Labute approximate surface area is 96.1 Å². The smallest absolute Gasteiger partial charge is 0.0407 e. The van der Waals surface area contributed by atoms with E-state index in [2.05, 4.69) is 17.5 Å². The van der Waals surface area contributed by atoms with Crippen LogP contribution >= 0.6 is 11.6 Å². The van der Waals surface area contributed by atoms with Crippen LogP contribution in [-0.4, -0.2) is 6.54 Å². The second kappa shape index (κ2) is 5.22. The molecule has 1 aliphatic carbocycles. The minimum atomic E-state index is 0.783. The molecule has 0 amide bonds. The highest BCUT2D eigenvalue weighted by atomic mass is 35.5. The Balaban J connectivity index is 1.82. The molecule has 0 aliphatic heterocycles. The van der Waals surface area contributed by atoms with E-state index < -0.39 is 0 Å². The molecule has 0 fully saturated rings. The molecule has 1 aliphatic rings. The molecule has 1 aromatic carbocycles. The molecule has 1 unspecified atom stereocenters. The number of benzene rings is 1. The lowest BCUT2D eigenvalue weighted by atomic mass is 9.94. The molecule has 2 rings (SSSR count). The van der Waals surface area contributed by atoms with Gasteiger partial charge in [-0.05, 0) is 49.4 Å². The van der Waals surface area contributed by atoms with Crippen molar-refractivity contribution >= 4 is 17.3 Å². The van der Waals surface area contributed by atoms with Crippen molar-refractivity contribution in [2.45, 2.75) is 19.3 Å². The molecule has 1 aromatic rings. The van der Waals surface area contributed by atoms with Crippen molar-refractivity contribution in [2.75, 3.05) is 11.9 Å². The molecule has 0 bridgehead atoms. The van der Waals surface area contributed by atoms with Gasteiger partial charge in [-0.25, -0.2) is 0 Å². The summed E-state index contributed by atoms with van der Waals surface area (Å²) >= 11 is 5.82. The number of anilines is 1. The summed E-state index contributed by atoms with van der Waals surface area (Å²) in [6.07, 6.45) is 8.31. The maximum atomic E-state index is 5.82. The summed E-state index contributed by atoms with van der Waals surface area (Å²) in [5.74, 6) is 0.783. The molecule has 1 nitrogen and oxygen atoms in total. The number of allylic oxidation sites excluding steroid dienone is 2. The van der Waals surface area contributed by atoms with Crippen molar-refractivity contribution in [3.05, 3.63) is 41.4 Å². The van der Waals surface area contributed by atoms with E-state index in [1.165, 1.54) is 19.3 Å². The quantitative estimate of drug-likeness (QED) is 0.758. The largest absolute Gasteiger partial charge is 0.385 e. The van der Waals surface area contributed by atoms with Gasteiger partial charge in [-0.3, -0.25) is 0 Å². The summed E-state index contributed by atoms with van der Waals surface area (Å²) < 4.78 is 0. The van der Waals surface area contributed by atoms with E-state index >= 15 is 0 Å². The summed E-state index contributed by atoms with van der Waals surface area (Å²) in [6, 6.07) is 7.90. The summed E-state index contributed by atoms with van der Waals surface area (Å²) in [4.78, 5) is 0. The van der Waals surface area contributed by atoms with Gasteiger partial charge in [0.15, 0.2) is 0 Å². The highest BCUT2D eigenvalue weighted by Gasteiger charge is 2.08. The predicted molar refractivity (Wildman–Crippen MR) is 66.4 cm³/mol. The number of rotatable bonds is 3. The molecule has 15 heavy (non-hydrogen) atoms. The Bertz CT molecular complexity index is 329. The van der Waals surface area contributed by atoms with E-state index in [9.17, 15) is 0 Å². The van der Waals surface area contributed by atoms with Gasteiger partial charge in [-0.1, -0.05) is 23.8 Å². The van der Waals surface area contributed by atoms with Gasteiger partial charge in [0.05, 0.1) is 0 Å². The highest BCUT2D eigenvalue weighted by molar-refractivity contribution is 6.30. The molecule has 1 atom stereocenters. The number of halogens is 1. The number of nitrogens with one attached hydrogen (secondary N) is 1. The maximum absolute atomic E-state index is 5.82. The topological polar surface area (TPSA) is 12.0 Å². The van der Waals surface area contributed by atoms with Gasteiger partial charge in [0.1, 0.15) is 0 Å². The zero-order chi connectivity index (χ0) is 10.5. The fraction of sp³-hybridized carbons (Fsp3) is 0.385. The van der Waals surface area contributed by atoms with Crippen LogP contribution < -0.4 is 5.32 Å². The lowest BCUT2D eigenvalue weighted by Gasteiger charge is -2.18. The Hall–Kier alpha value is -0.950. The van der Waals surface area contributed by atoms with Crippen LogP contribution in [0.5, 0.6) is 0 Å². The molecule has 80 valence electrons. The van der Waals surface area contributed by atoms with Crippen LogP contribution in [0.1, 0.15) is 19.3 Å². The molecule has 0 heterocycles. The average molecular weight is 222 g/mol. The van der Waals surface area contributed by atoms with Crippen LogP contribution in [0.25, 0.3) is 0 Å². The standard InChI is InChI=1S/C13H16ClN/c14-12-6-8-13(9-7-12)15-10-11-4-2-1-3-5-11/h1-2,6-9,11,15H,3-5,10H2. The average Bonchev–Trinajstić information content (AvgIpc) is 2.30. The second-order valence-corrected chi connectivity index (χ2v) is 4.47. The SMILES string of the molecule is Clc1ccc(NCC2CC=CCC2)cc1. The Kier molecular flexibility index (Phi) is 3.68. The molecule has 1 N–H and O–H groups in total. The Morgan fingerprint density at radius 1 is 1.20 bits per heavy atom. The third kappa shape index (κ3) is 3.28. The van der Waals surface area contributed by atoms with Gasteiger partial charge in [-0.15, -0.1) is 0 Å². The molecule has 2 heteroatoms. The van der Waals surface area contributed by atoms with Gasteiger partial charge in [-0.2, -0.15) is 0 Å². The Morgan fingerprint density at radius 3 is 2.67 bits per heavy atom. The van der Waals surface area contributed by atoms with E-state index in [1.54, 1.807) is 0 Å². The normalized spacial score (nSPS) is 20.2. The first-order valence-electron chi connectivity index (χ1n) is 5.49. The highest BCUT2D eigenvalue weighted by Crippen LogP contribution is 2.19. The molecule has 0 saturated carbocycles. The maximum Gasteiger partial charge on any atom is 0.0407 e. The molecular formula is C13H16ClN. The van der Waals surface area contributed by atoms with Crippen LogP contribution in [0.15, 0.2) is 36.4 Å². The van der Waals surface area contributed by atoms with Crippen LogP contribution in [0.2, 0.25) is 5.02 Å². The third-order valence-electron chi connectivity index (χ3n) is 2.82. The van der Waals surface area contributed by atoms with Crippen molar-refractivity contribution in [1.29, 1.82) is 0 Å². The number of hydrogen-bond acceptors (Lipinski definition) is 1. The van der Waals surface area contributed by atoms with Crippen LogP contribution in [-0.2, 0) is 0 Å². The van der Waals surface area contributed by atoms with Crippen molar-refractivity contribution in [3.63, 3.8) is 0 Å². The van der Waals surface area contributed by atoms with Crippen molar-refractivity contribution in [1.82, 2.24) is 0 Å². The summed E-state index contributed by atoms with van der Waals surface area (Å²) in [7, 11) is 0. The van der Waals surface area contributed by atoms with E-state index in [1.807, 2.05) is 24.3 Å². The molecule has 0 spiro atoms. The zero-order valence-electron chi connectivity index (χ0n) is 8.75. The summed E-state index contributed by atoms with van der Waals surface area (Å²) in [5, 5.41) is 4.24. The first-order valence-corrected chi connectivity index (χ1v) is 5.87. The summed E-state index contributed by atoms with van der Waals surface area (Å²) in [6.45, 7) is 1.06. The minimum Gasteiger partial charge on any atom is -0.385 e. The van der Waals surface area contributed by atoms with Gasteiger partial charge >= 0.3 is 0 Å². The first kappa shape index (κ1) is 10.6. The van der Waals surface area contributed by atoms with Crippen molar-refractivity contribution < 1.29 is 0 Å². The zero-order valence-corrected chi connectivity index (χ0v) is 9.50. The van der Waals surface area contributed by atoms with Gasteiger partial charge in [0, 0.05) is 17.3 Å². The van der Waals surface area contributed by atoms with Crippen LogP contribution in [0, 0.1) is 5.92 Å². The molecule has 0 aromatic heterocycles. The third-order valence-corrected chi connectivity index (χ3v) is 3.07. The van der Waals surface area contributed by atoms with E-state index in [0.717, 1.165) is 23.2 Å². The first-order chi connectivity index (χ1) is 7.34. The predicted octanol–water partition coefficient (Wildman–Crippen LogP) is 4.11. The monoisotopic (exact) mass is 221 g/mol. The van der Waals surface area contributed by atoms with E-state index in [0.29, 0.717) is 0 Å². The van der Waals surface area contributed by atoms with E-state index in [4.69, 9.17) is 11.6 Å². The molecule has 0 saturated heterocycles. The van der Waals surface area contributed by atoms with Gasteiger partial charge in [0.2, 0.25) is 0 Å². The van der Waals surface area contributed by atoms with E-state index in [-0.39, 0.29) is 0 Å². The minimum absolute atomic E-state index is 0.783. The second-order valence-electron chi connectivity index (χ2n) is 4.04. The lowest BCUT2D eigenvalue weighted by Crippen LogP contribution is -2.15. The fourth-order valence-corrected chi connectivity index (χ4v) is 2.00. The number of hydrogen-bond donors (Lipinski definition) is 1. The van der Waals surface area contributed by atoms with Crippen molar-refractivity contribution in [3.8, 4) is 0 Å². The van der Waals surface area contributed by atoms with Crippen LogP contribution in [0.4, 0.5) is 5.69 Å². The molecule has 0 radical (unpaired) electrons. The summed E-state index contributed by atoms with van der Waals surface area (Å²) in [5.41, 5.74) is 1.16. The van der Waals surface area contributed by atoms with Gasteiger partial charge < -0.3 is 5.32 Å². The lowest BCUT2D eigenvalue weighted by molar-refractivity contribution is 0.504. The molecular weight excluding hydrogens is 206 g/mol. The van der Waals surface area contributed by atoms with Crippen molar-refractivity contribution in [2.24, 2.45) is 5.92 Å². The van der Waals surface area contributed by atoms with Gasteiger partial charge in [0.25, 0.3) is 0 Å².